The Morgan fingerprint density at radius 1 is 1.47 bits per heavy atom. The van der Waals surface area contributed by atoms with Crippen molar-refractivity contribution >= 4 is 11.9 Å². The van der Waals surface area contributed by atoms with Gasteiger partial charge in [0.05, 0.1) is 12.7 Å². The summed E-state index contributed by atoms with van der Waals surface area (Å²) in [6.07, 6.45) is 9.27. The Bertz CT molecular complexity index is 259. The van der Waals surface area contributed by atoms with Gasteiger partial charge in [-0.25, -0.2) is 3.89 Å². The molecule has 0 fully saturated rings. The predicted molar refractivity (Wildman–Crippen MR) is 64.2 cm³/mol. The second-order valence-electron chi connectivity index (χ2n) is 4.12. The fourth-order valence-electron chi connectivity index (χ4n) is 1.84. The van der Waals surface area contributed by atoms with E-state index in [0.717, 1.165) is 17.1 Å². The molecule has 0 radical (unpaired) electrons. The second kappa shape index (κ2) is 6.04. The molecule has 0 spiro atoms. The Balaban J connectivity index is 2.39. The first kappa shape index (κ1) is 12.4. The van der Waals surface area contributed by atoms with Crippen molar-refractivity contribution in [3.05, 3.63) is 12.4 Å². The molecule has 0 bridgehead atoms. The minimum Gasteiger partial charge on any atom is -0.328 e. The number of hydrogen-bond acceptors (Lipinski definition) is 3. The number of unbranched alkanes of at least 4 members (excludes halogenated alkanes) is 3. The van der Waals surface area contributed by atoms with Gasteiger partial charge >= 0.3 is 0 Å². The SMILES string of the molecule is CCCCCC[N+]1(SC#N)C=CN(C)C1. The lowest BCUT2D eigenvalue weighted by atomic mass is 10.2. The smallest absolute Gasteiger partial charge is 0.202 e. The maximum atomic E-state index is 8.83. The van der Waals surface area contributed by atoms with E-state index in [0.29, 0.717) is 0 Å². The van der Waals surface area contributed by atoms with Crippen LogP contribution >= 0.6 is 11.9 Å². The van der Waals surface area contributed by atoms with E-state index >= 15 is 0 Å². The first-order chi connectivity index (χ1) is 7.22. The Hall–Kier alpha value is -0.660. The Morgan fingerprint density at radius 2 is 2.27 bits per heavy atom. The van der Waals surface area contributed by atoms with Crippen LogP contribution in [0, 0.1) is 10.7 Å². The van der Waals surface area contributed by atoms with Gasteiger partial charge in [-0.3, -0.25) is 0 Å². The average molecular weight is 226 g/mol. The molecule has 0 aromatic rings. The Kier molecular flexibility index (Phi) is 5.00. The van der Waals surface area contributed by atoms with E-state index in [1.165, 1.54) is 37.6 Å². The van der Waals surface area contributed by atoms with Crippen molar-refractivity contribution in [1.29, 1.82) is 5.26 Å². The van der Waals surface area contributed by atoms with Gasteiger partial charge in [0.25, 0.3) is 0 Å². The van der Waals surface area contributed by atoms with Crippen molar-refractivity contribution in [2.24, 2.45) is 0 Å². The van der Waals surface area contributed by atoms with Crippen LogP contribution < -0.4 is 0 Å². The van der Waals surface area contributed by atoms with Gasteiger partial charge < -0.3 is 4.90 Å². The number of rotatable bonds is 6. The molecule has 1 unspecified atom stereocenters. The molecule has 1 atom stereocenters. The van der Waals surface area contributed by atoms with Crippen molar-refractivity contribution in [2.75, 3.05) is 20.3 Å². The largest absolute Gasteiger partial charge is 0.328 e. The number of quaternary nitrogens is 1. The molecule has 1 aliphatic heterocycles. The first-order valence-corrected chi connectivity index (χ1v) is 6.34. The summed E-state index contributed by atoms with van der Waals surface area (Å²) in [5.74, 6) is 0. The van der Waals surface area contributed by atoms with Crippen LogP contribution in [0.15, 0.2) is 12.4 Å². The highest BCUT2D eigenvalue weighted by molar-refractivity contribution is 7.98. The van der Waals surface area contributed by atoms with Gasteiger partial charge in [-0.2, -0.15) is 5.26 Å². The van der Waals surface area contributed by atoms with Crippen LogP contribution in [0.25, 0.3) is 0 Å². The van der Waals surface area contributed by atoms with Crippen LogP contribution in [0.5, 0.6) is 0 Å². The minimum atomic E-state index is 0.747. The van der Waals surface area contributed by atoms with E-state index in [9.17, 15) is 0 Å². The molecular formula is C11H20N3S+. The van der Waals surface area contributed by atoms with Gasteiger partial charge in [0.2, 0.25) is 11.9 Å². The fraction of sp³-hybridized carbons (Fsp3) is 0.727. The average Bonchev–Trinajstić information content (AvgIpc) is 2.56. The summed E-state index contributed by atoms with van der Waals surface area (Å²) in [4.78, 5) is 2.14. The van der Waals surface area contributed by atoms with E-state index in [4.69, 9.17) is 5.26 Å². The third kappa shape index (κ3) is 3.77. The van der Waals surface area contributed by atoms with Crippen molar-refractivity contribution in [2.45, 2.75) is 32.6 Å². The number of nitrogens with zero attached hydrogens (tertiary/aromatic N) is 3. The van der Waals surface area contributed by atoms with Crippen LogP contribution in [-0.4, -0.2) is 29.0 Å². The summed E-state index contributed by atoms with van der Waals surface area (Å²) in [6.45, 7) is 4.21. The molecule has 0 aromatic carbocycles. The molecule has 1 rings (SSSR count). The number of thiocyanates is 1. The first-order valence-electron chi connectivity index (χ1n) is 5.56. The summed E-state index contributed by atoms with van der Waals surface area (Å²) in [7, 11) is 2.06. The molecule has 0 N–H and O–H groups in total. The summed E-state index contributed by atoms with van der Waals surface area (Å²) in [6, 6.07) is 0. The lowest BCUT2D eigenvalue weighted by molar-refractivity contribution is -0.742. The molecule has 0 aromatic heterocycles. The molecule has 0 amide bonds. The van der Waals surface area contributed by atoms with Gasteiger partial charge in [0, 0.05) is 7.05 Å². The zero-order valence-corrected chi connectivity index (χ0v) is 10.5. The van der Waals surface area contributed by atoms with Crippen molar-refractivity contribution < 1.29 is 3.89 Å². The molecule has 3 nitrogen and oxygen atoms in total. The molecule has 84 valence electrons. The third-order valence-electron chi connectivity index (χ3n) is 2.67. The standard InChI is InChI=1S/C11H20N3S/c1-3-4-5-6-8-14(15-10-12)9-7-13(2)11-14/h7,9H,3-6,8,11H2,1-2H3/q+1. The lowest BCUT2D eigenvalue weighted by Crippen LogP contribution is -2.37. The molecule has 0 saturated heterocycles. The van der Waals surface area contributed by atoms with Crippen molar-refractivity contribution in [3.8, 4) is 5.40 Å². The van der Waals surface area contributed by atoms with Gasteiger partial charge in [-0.15, -0.1) is 0 Å². The predicted octanol–water partition coefficient (Wildman–Crippen LogP) is 2.89. The van der Waals surface area contributed by atoms with Gasteiger partial charge in [0.15, 0.2) is 12.1 Å². The van der Waals surface area contributed by atoms with Crippen LogP contribution in [0.1, 0.15) is 32.6 Å². The maximum Gasteiger partial charge on any atom is 0.202 e. The fourth-order valence-corrected chi connectivity index (χ4v) is 2.58. The van der Waals surface area contributed by atoms with Crippen LogP contribution in [0.4, 0.5) is 0 Å². The minimum absolute atomic E-state index is 0.747. The van der Waals surface area contributed by atoms with Crippen molar-refractivity contribution in [3.63, 3.8) is 0 Å². The maximum absolute atomic E-state index is 8.83. The van der Waals surface area contributed by atoms with E-state index < -0.39 is 0 Å². The Labute approximate surface area is 97.1 Å². The van der Waals surface area contributed by atoms with Crippen LogP contribution in [0.3, 0.4) is 0 Å². The van der Waals surface area contributed by atoms with Gasteiger partial charge in [0.1, 0.15) is 6.20 Å². The van der Waals surface area contributed by atoms with Crippen molar-refractivity contribution in [1.82, 2.24) is 4.90 Å². The zero-order chi connectivity index (χ0) is 11.1. The summed E-state index contributed by atoms with van der Waals surface area (Å²) >= 11 is 1.36. The highest BCUT2D eigenvalue weighted by atomic mass is 32.2. The molecule has 0 aliphatic carbocycles. The van der Waals surface area contributed by atoms with E-state index in [1.54, 1.807) is 0 Å². The monoisotopic (exact) mass is 226 g/mol. The summed E-state index contributed by atoms with van der Waals surface area (Å²) in [5.41, 5.74) is 0. The molecular weight excluding hydrogens is 206 g/mol. The quantitative estimate of drug-likeness (QED) is 0.301. The molecule has 15 heavy (non-hydrogen) atoms. The van der Waals surface area contributed by atoms with E-state index in [1.807, 2.05) is 0 Å². The zero-order valence-electron chi connectivity index (χ0n) is 9.65. The Morgan fingerprint density at radius 3 is 2.80 bits per heavy atom. The summed E-state index contributed by atoms with van der Waals surface area (Å²) in [5, 5.41) is 11.0. The third-order valence-corrected chi connectivity index (χ3v) is 3.53. The highest BCUT2D eigenvalue weighted by Crippen LogP contribution is 2.29. The van der Waals surface area contributed by atoms with Gasteiger partial charge in [-0.1, -0.05) is 19.8 Å². The second-order valence-corrected chi connectivity index (χ2v) is 5.21. The lowest BCUT2D eigenvalue weighted by Gasteiger charge is -2.26. The molecule has 4 heteroatoms. The normalized spacial score (nSPS) is 24.5. The number of nitriles is 1. The van der Waals surface area contributed by atoms with Crippen LogP contribution in [0.2, 0.25) is 0 Å². The van der Waals surface area contributed by atoms with Gasteiger partial charge in [-0.05, 0) is 12.8 Å². The molecule has 1 aliphatic rings. The topological polar surface area (TPSA) is 27.0 Å². The summed E-state index contributed by atoms with van der Waals surface area (Å²) < 4.78 is 0.747. The highest BCUT2D eigenvalue weighted by Gasteiger charge is 2.32. The molecule has 0 saturated carbocycles. The molecule has 1 heterocycles. The van der Waals surface area contributed by atoms with E-state index in [-0.39, 0.29) is 0 Å². The number of hydrogen-bond donors (Lipinski definition) is 0. The van der Waals surface area contributed by atoms with Crippen LogP contribution in [-0.2, 0) is 0 Å². The van der Waals surface area contributed by atoms with E-state index in [2.05, 4.69) is 36.7 Å².